The lowest BCUT2D eigenvalue weighted by Crippen LogP contribution is -2.18. The van der Waals surface area contributed by atoms with E-state index in [1.165, 1.54) is 13.2 Å². The van der Waals surface area contributed by atoms with Crippen molar-refractivity contribution in [3.8, 4) is 0 Å². The number of nitrogens with one attached hydrogen (secondary N) is 1. The van der Waals surface area contributed by atoms with Gasteiger partial charge >= 0.3 is 6.18 Å². The third-order valence-corrected chi connectivity index (χ3v) is 3.24. The molecule has 1 rings (SSSR count). The normalized spacial score (nSPS) is 13.1. The molecule has 3 nitrogen and oxygen atoms in total. The van der Waals surface area contributed by atoms with Crippen LogP contribution in [-0.2, 0) is 15.7 Å². The number of carbonyl (C=O) groups is 1. The summed E-state index contributed by atoms with van der Waals surface area (Å²) >= 11 is 3.12. The Bertz CT molecular complexity index is 477. The molecule has 0 fully saturated rings. The zero-order valence-corrected chi connectivity index (χ0v) is 12.6. The van der Waals surface area contributed by atoms with Crippen molar-refractivity contribution in [3.63, 3.8) is 0 Å². The summed E-state index contributed by atoms with van der Waals surface area (Å²) in [6, 6.07) is 3.12. The van der Waals surface area contributed by atoms with Gasteiger partial charge < -0.3 is 10.1 Å². The van der Waals surface area contributed by atoms with Gasteiger partial charge in [0.2, 0.25) is 5.91 Å². The molecular weight excluding hydrogens is 339 g/mol. The number of halogens is 4. The van der Waals surface area contributed by atoms with E-state index in [9.17, 15) is 18.0 Å². The first-order chi connectivity index (χ1) is 9.24. The Morgan fingerprint density at radius 3 is 2.65 bits per heavy atom. The fourth-order valence-electron chi connectivity index (χ4n) is 1.66. The first-order valence-electron chi connectivity index (χ1n) is 5.89. The zero-order valence-electron chi connectivity index (χ0n) is 11.1. The molecule has 0 heterocycles. The largest absolute Gasteiger partial charge is 0.416 e. The van der Waals surface area contributed by atoms with Crippen LogP contribution in [0.2, 0.25) is 0 Å². The Morgan fingerprint density at radius 1 is 1.45 bits per heavy atom. The van der Waals surface area contributed by atoms with E-state index in [2.05, 4.69) is 21.2 Å². The molecule has 1 unspecified atom stereocenters. The van der Waals surface area contributed by atoms with E-state index in [0.29, 0.717) is 11.1 Å². The monoisotopic (exact) mass is 353 g/mol. The molecule has 0 aliphatic heterocycles. The van der Waals surface area contributed by atoms with Gasteiger partial charge in [0.25, 0.3) is 0 Å². The van der Waals surface area contributed by atoms with Crippen LogP contribution in [0.25, 0.3) is 0 Å². The summed E-state index contributed by atoms with van der Waals surface area (Å²) in [6.45, 7) is 2.24. The summed E-state index contributed by atoms with van der Waals surface area (Å²) in [6.07, 6.45) is -4.26. The van der Waals surface area contributed by atoms with Crippen LogP contribution in [0.4, 0.5) is 18.9 Å². The minimum atomic E-state index is -4.44. The van der Waals surface area contributed by atoms with E-state index in [1.54, 1.807) is 0 Å². The number of alkyl halides is 3. The maximum absolute atomic E-state index is 12.6. The molecule has 0 spiro atoms. The van der Waals surface area contributed by atoms with Gasteiger partial charge in [-0.15, -0.1) is 0 Å². The minimum absolute atomic E-state index is 0.00965. The lowest BCUT2D eigenvalue weighted by Gasteiger charge is -2.13. The number of amides is 1. The van der Waals surface area contributed by atoms with Crippen molar-refractivity contribution in [3.05, 3.63) is 28.2 Å². The molecule has 0 saturated carbocycles. The lowest BCUT2D eigenvalue weighted by molar-refractivity contribution is -0.137. The van der Waals surface area contributed by atoms with Crippen LogP contribution in [-0.4, -0.2) is 19.6 Å². The van der Waals surface area contributed by atoms with Crippen molar-refractivity contribution in [1.29, 1.82) is 0 Å². The van der Waals surface area contributed by atoms with Gasteiger partial charge in [-0.2, -0.15) is 13.2 Å². The number of ether oxygens (including phenoxy) is 1. The highest BCUT2D eigenvalue weighted by Crippen LogP contribution is 2.34. The number of methoxy groups -OCH3 is 1. The Kier molecular flexibility index (Phi) is 6.01. The van der Waals surface area contributed by atoms with Gasteiger partial charge in [-0.3, -0.25) is 4.79 Å². The van der Waals surface area contributed by atoms with Crippen LogP contribution >= 0.6 is 15.9 Å². The van der Waals surface area contributed by atoms with E-state index in [1.807, 2.05) is 6.92 Å². The molecule has 1 atom stereocenters. The van der Waals surface area contributed by atoms with Crippen molar-refractivity contribution in [1.82, 2.24) is 0 Å². The van der Waals surface area contributed by atoms with Gasteiger partial charge in [-0.25, -0.2) is 0 Å². The smallest absolute Gasteiger partial charge is 0.384 e. The van der Waals surface area contributed by atoms with E-state index < -0.39 is 11.7 Å². The van der Waals surface area contributed by atoms with E-state index >= 15 is 0 Å². The Morgan fingerprint density at radius 2 is 2.10 bits per heavy atom. The molecule has 1 aromatic rings. The van der Waals surface area contributed by atoms with Gasteiger partial charge in [-0.05, 0) is 40.0 Å². The van der Waals surface area contributed by atoms with Crippen molar-refractivity contribution in [2.24, 2.45) is 5.92 Å². The molecule has 0 radical (unpaired) electrons. The van der Waals surface area contributed by atoms with Crippen molar-refractivity contribution in [2.75, 3.05) is 19.0 Å². The van der Waals surface area contributed by atoms with Gasteiger partial charge in [-0.1, -0.05) is 6.92 Å². The third-order valence-electron chi connectivity index (χ3n) is 2.55. The van der Waals surface area contributed by atoms with Crippen molar-refractivity contribution in [2.45, 2.75) is 19.5 Å². The molecular formula is C13H15BrF3NO2. The van der Waals surface area contributed by atoms with Crippen LogP contribution in [0.5, 0.6) is 0 Å². The summed E-state index contributed by atoms with van der Waals surface area (Å²) in [7, 11) is 1.53. The van der Waals surface area contributed by atoms with Crippen LogP contribution in [0.15, 0.2) is 22.7 Å². The minimum Gasteiger partial charge on any atom is -0.384 e. The standard InChI is InChI=1S/C13H15BrF3NO2/c1-8(7-20-2)5-12(19)18-11-6-9(13(15,16)17)3-4-10(11)14/h3-4,6,8H,5,7H2,1-2H3,(H,18,19). The molecule has 1 aromatic carbocycles. The predicted molar refractivity (Wildman–Crippen MR) is 73.4 cm³/mol. The average molecular weight is 354 g/mol. The van der Waals surface area contributed by atoms with E-state index in [0.717, 1.165) is 12.1 Å². The van der Waals surface area contributed by atoms with Crippen LogP contribution in [0.3, 0.4) is 0 Å². The van der Waals surface area contributed by atoms with Gasteiger partial charge in [0.1, 0.15) is 0 Å². The number of hydrogen-bond acceptors (Lipinski definition) is 2. The molecule has 0 aromatic heterocycles. The van der Waals surface area contributed by atoms with E-state index in [-0.39, 0.29) is 23.9 Å². The first kappa shape index (κ1) is 17.0. The van der Waals surface area contributed by atoms with Crippen molar-refractivity contribution >= 4 is 27.5 Å². The number of anilines is 1. The average Bonchev–Trinajstić information content (AvgIpc) is 2.30. The maximum atomic E-state index is 12.6. The van der Waals surface area contributed by atoms with Crippen LogP contribution in [0, 0.1) is 5.92 Å². The highest BCUT2D eigenvalue weighted by Gasteiger charge is 2.31. The number of benzene rings is 1. The second kappa shape index (κ2) is 7.08. The van der Waals surface area contributed by atoms with E-state index in [4.69, 9.17) is 4.74 Å². The Labute approximate surface area is 123 Å². The fourth-order valence-corrected chi connectivity index (χ4v) is 2.00. The van der Waals surface area contributed by atoms with Crippen LogP contribution < -0.4 is 5.32 Å². The summed E-state index contributed by atoms with van der Waals surface area (Å²) in [5.74, 6) is -0.362. The van der Waals surface area contributed by atoms with Gasteiger partial charge in [0.15, 0.2) is 0 Å². The summed E-state index contributed by atoms with van der Waals surface area (Å²) in [5.41, 5.74) is -0.699. The fraction of sp³-hybridized carbons (Fsp3) is 0.462. The topological polar surface area (TPSA) is 38.3 Å². The van der Waals surface area contributed by atoms with Crippen molar-refractivity contribution < 1.29 is 22.7 Å². The number of rotatable bonds is 5. The SMILES string of the molecule is COCC(C)CC(=O)Nc1cc(C(F)(F)F)ccc1Br. The molecule has 0 aliphatic rings. The Hall–Kier alpha value is -1.08. The second-order valence-electron chi connectivity index (χ2n) is 4.51. The molecule has 1 amide bonds. The summed E-state index contributed by atoms with van der Waals surface area (Å²) in [5, 5.41) is 2.47. The molecule has 0 aliphatic carbocycles. The molecule has 1 N–H and O–H groups in total. The highest BCUT2D eigenvalue weighted by atomic mass is 79.9. The maximum Gasteiger partial charge on any atom is 0.416 e. The quantitative estimate of drug-likeness (QED) is 0.866. The highest BCUT2D eigenvalue weighted by molar-refractivity contribution is 9.10. The lowest BCUT2D eigenvalue weighted by atomic mass is 10.1. The predicted octanol–water partition coefficient (Wildman–Crippen LogP) is 4.08. The molecule has 0 bridgehead atoms. The second-order valence-corrected chi connectivity index (χ2v) is 5.36. The first-order valence-corrected chi connectivity index (χ1v) is 6.69. The molecule has 7 heteroatoms. The summed E-state index contributed by atoms with van der Waals surface area (Å²) in [4.78, 5) is 11.7. The zero-order chi connectivity index (χ0) is 15.3. The van der Waals surface area contributed by atoms with Gasteiger partial charge in [0, 0.05) is 24.6 Å². The third kappa shape index (κ3) is 5.13. The molecule has 0 saturated heterocycles. The van der Waals surface area contributed by atoms with Crippen LogP contribution in [0.1, 0.15) is 18.9 Å². The Balaban J connectivity index is 2.79. The number of carbonyl (C=O) groups excluding carboxylic acids is 1. The molecule has 20 heavy (non-hydrogen) atoms. The molecule has 112 valence electrons. The number of hydrogen-bond donors (Lipinski definition) is 1. The summed E-state index contributed by atoms with van der Waals surface area (Å²) < 4.78 is 43.1. The van der Waals surface area contributed by atoms with Gasteiger partial charge in [0.05, 0.1) is 11.3 Å².